The molecule has 17 heavy (non-hydrogen) atoms. The molecule has 1 aliphatic carbocycles. The van der Waals surface area contributed by atoms with Crippen LogP contribution >= 0.6 is 0 Å². The molecule has 0 radical (unpaired) electrons. The molecule has 3 nitrogen and oxygen atoms in total. The second-order valence-corrected chi connectivity index (χ2v) is 7.12. The van der Waals surface area contributed by atoms with E-state index in [2.05, 4.69) is 0 Å². The lowest BCUT2D eigenvalue weighted by Gasteiger charge is -2.50. The highest BCUT2D eigenvalue weighted by Gasteiger charge is 2.64. The van der Waals surface area contributed by atoms with Crippen LogP contribution in [-0.4, -0.2) is 22.3 Å². The first-order chi connectivity index (χ1) is 7.44. The molecule has 94 valence electrons. The lowest BCUT2D eigenvalue weighted by atomic mass is 9.50. The van der Waals surface area contributed by atoms with Crippen LogP contribution in [0.2, 0.25) is 0 Å². The van der Waals surface area contributed by atoms with Crippen molar-refractivity contribution in [2.45, 2.75) is 54.0 Å². The van der Waals surface area contributed by atoms with E-state index in [1.165, 1.54) is 4.90 Å². The van der Waals surface area contributed by atoms with Crippen molar-refractivity contribution in [1.29, 1.82) is 0 Å². The summed E-state index contributed by atoms with van der Waals surface area (Å²) in [5, 5.41) is 0. The van der Waals surface area contributed by atoms with Gasteiger partial charge in [0.05, 0.1) is 0 Å². The van der Waals surface area contributed by atoms with Gasteiger partial charge >= 0.3 is 0 Å². The molecule has 0 aromatic carbocycles. The van der Waals surface area contributed by atoms with E-state index in [0.717, 1.165) is 11.1 Å². The van der Waals surface area contributed by atoms with Gasteiger partial charge in [-0.05, 0) is 20.8 Å². The van der Waals surface area contributed by atoms with Gasteiger partial charge in [-0.3, -0.25) is 14.5 Å². The zero-order chi connectivity index (χ0) is 13.4. The molecule has 0 saturated heterocycles. The van der Waals surface area contributed by atoms with Crippen molar-refractivity contribution < 1.29 is 9.59 Å². The molecule has 0 N–H and O–H groups in total. The summed E-state index contributed by atoms with van der Waals surface area (Å²) in [5.74, 6) is -0.191. The first-order valence-corrected chi connectivity index (χ1v) is 6.08. The molecule has 0 saturated carbocycles. The summed E-state index contributed by atoms with van der Waals surface area (Å²) in [7, 11) is 0. The predicted octanol–water partition coefficient (Wildman–Crippen LogP) is 2.52. The number of likely N-dealkylation sites (tertiary alicyclic amines) is 1. The van der Waals surface area contributed by atoms with Crippen LogP contribution < -0.4 is 0 Å². The van der Waals surface area contributed by atoms with Crippen molar-refractivity contribution in [2.75, 3.05) is 0 Å². The van der Waals surface area contributed by atoms with E-state index in [-0.39, 0.29) is 22.6 Å². The van der Waals surface area contributed by atoms with E-state index in [1.807, 2.05) is 48.5 Å². The second-order valence-electron chi connectivity index (χ2n) is 7.12. The van der Waals surface area contributed by atoms with Gasteiger partial charge in [0.1, 0.15) is 0 Å². The van der Waals surface area contributed by atoms with Gasteiger partial charge in [0.25, 0.3) is 11.8 Å². The first-order valence-electron chi connectivity index (χ1n) is 6.08. The molecule has 3 heteroatoms. The largest absolute Gasteiger partial charge is 0.270 e. The molecule has 2 amide bonds. The number of hydrogen-bond acceptors (Lipinski definition) is 2. The third-order valence-corrected chi connectivity index (χ3v) is 4.57. The Morgan fingerprint density at radius 1 is 0.824 bits per heavy atom. The number of nitrogens with zero attached hydrogens (tertiary/aromatic N) is 1. The fraction of sp³-hybridized carbons (Fsp3) is 0.714. The Morgan fingerprint density at radius 2 is 1.12 bits per heavy atom. The zero-order valence-electron chi connectivity index (χ0n) is 11.8. The minimum Gasteiger partial charge on any atom is -0.270 e. The summed E-state index contributed by atoms with van der Waals surface area (Å²) in [6, 6.07) is 0. The SMILES string of the molecule is CC(C)(C)N1C(=O)C2=C(C1=O)C(C)(C)C2(C)C. The molecule has 0 aromatic heterocycles. The molecule has 2 rings (SSSR count). The topological polar surface area (TPSA) is 37.4 Å². The average Bonchev–Trinajstić information content (AvgIpc) is 2.35. The summed E-state index contributed by atoms with van der Waals surface area (Å²) < 4.78 is 0. The van der Waals surface area contributed by atoms with Crippen LogP contribution in [0.4, 0.5) is 0 Å². The Hall–Kier alpha value is -1.12. The van der Waals surface area contributed by atoms with Crippen molar-refractivity contribution in [2.24, 2.45) is 10.8 Å². The normalized spacial score (nSPS) is 26.2. The zero-order valence-corrected chi connectivity index (χ0v) is 11.8. The molecule has 1 heterocycles. The van der Waals surface area contributed by atoms with Gasteiger partial charge in [-0.15, -0.1) is 0 Å². The van der Waals surface area contributed by atoms with E-state index in [0.29, 0.717) is 0 Å². The molecule has 1 aliphatic heterocycles. The van der Waals surface area contributed by atoms with Gasteiger partial charge in [-0.2, -0.15) is 0 Å². The Kier molecular flexibility index (Phi) is 2.05. The van der Waals surface area contributed by atoms with Crippen molar-refractivity contribution in [3.8, 4) is 0 Å². The minimum absolute atomic E-state index is 0.0955. The average molecular weight is 235 g/mol. The lowest BCUT2D eigenvalue weighted by molar-refractivity contribution is -0.142. The third kappa shape index (κ3) is 1.17. The van der Waals surface area contributed by atoms with Crippen molar-refractivity contribution in [3.63, 3.8) is 0 Å². The van der Waals surface area contributed by atoms with Gasteiger partial charge in [-0.25, -0.2) is 0 Å². The fourth-order valence-corrected chi connectivity index (χ4v) is 2.86. The summed E-state index contributed by atoms with van der Waals surface area (Å²) in [6.07, 6.45) is 0. The van der Waals surface area contributed by atoms with E-state index >= 15 is 0 Å². The molecule has 0 bridgehead atoms. The lowest BCUT2D eigenvalue weighted by Crippen LogP contribution is -2.47. The van der Waals surface area contributed by atoms with Crippen LogP contribution in [0.3, 0.4) is 0 Å². The van der Waals surface area contributed by atoms with E-state index in [9.17, 15) is 9.59 Å². The molecule has 2 aliphatic rings. The van der Waals surface area contributed by atoms with Gasteiger partial charge in [-0.1, -0.05) is 27.7 Å². The summed E-state index contributed by atoms with van der Waals surface area (Å²) in [5.41, 5.74) is 0.576. The Bertz CT molecular complexity index is 425. The van der Waals surface area contributed by atoms with Crippen LogP contribution in [0.25, 0.3) is 0 Å². The number of carbonyl (C=O) groups is 2. The van der Waals surface area contributed by atoms with Crippen LogP contribution in [-0.2, 0) is 9.59 Å². The third-order valence-electron chi connectivity index (χ3n) is 4.57. The monoisotopic (exact) mass is 235 g/mol. The maximum absolute atomic E-state index is 12.4. The van der Waals surface area contributed by atoms with Crippen LogP contribution in [0.5, 0.6) is 0 Å². The smallest absolute Gasteiger partial charge is 0.258 e. The highest BCUT2D eigenvalue weighted by Crippen LogP contribution is 2.63. The van der Waals surface area contributed by atoms with E-state index < -0.39 is 5.54 Å². The fourth-order valence-electron chi connectivity index (χ4n) is 2.86. The Labute approximate surface area is 103 Å². The predicted molar refractivity (Wildman–Crippen MR) is 66.2 cm³/mol. The van der Waals surface area contributed by atoms with Crippen molar-refractivity contribution >= 4 is 11.8 Å². The van der Waals surface area contributed by atoms with Gasteiger partial charge in [0, 0.05) is 27.5 Å². The highest BCUT2D eigenvalue weighted by atomic mass is 16.2. The van der Waals surface area contributed by atoms with E-state index in [1.54, 1.807) is 0 Å². The summed E-state index contributed by atoms with van der Waals surface area (Å²) >= 11 is 0. The Balaban J connectivity index is 2.55. The van der Waals surface area contributed by atoms with Crippen molar-refractivity contribution in [1.82, 2.24) is 4.90 Å². The number of carbonyl (C=O) groups excluding carboxylic acids is 2. The quantitative estimate of drug-likeness (QED) is 0.605. The summed E-state index contributed by atoms with van der Waals surface area (Å²) in [6.45, 7) is 13.9. The van der Waals surface area contributed by atoms with Crippen LogP contribution in [0.1, 0.15) is 48.5 Å². The number of rotatable bonds is 0. The van der Waals surface area contributed by atoms with Crippen LogP contribution in [0, 0.1) is 10.8 Å². The first kappa shape index (κ1) is 12.3. The number of amides is 2. The number of hydrogen-bond donors (Lipinski definition) is 0. The molecule has 0 unspecified atom stereocenters. The molecular formula is C14H21NO2. The maximum Gasteiger partial charge on any atom is 0.258 e. The second kappa shape index (κ2) is 2.82. The van der Waals surface area contributed by atoms with Crippen molar-refractivity contribution in [3.05, 3.63) is 11.1 Å². The van der Waals surface area contributed by atoms with Gasteiger partial charge in [0.15, 0.2) is 0 Å². The molecular weight excluding hydrogens is 214 g/mol. The molecule has 0 fully saturated rings. The summed E-state index contributed by atoms with van der Waals surface area (Å²) in [4.78, 5) is 26.2. The molecule has 0 spiro atoms. The maximum atomic E-state index is 12.4. The standard InChI is InChI=1S/C14H21NO2/c1-12(2,3)15-10(16)8-9(11(15)17)14(6,7)13(8,4)5/h1-7H3. The number of imide groups is 1. The van der Waals surface area contributed by atoms with Gasteiger partial charge < -0.3 is 0 Å². The van der Waals surface area contributed by atoms with Gasteiger partial charge in [0.2, 0.25) is 0 Å². The molecule has 0 atom stereocenters. The van der Waals surface area contributed by atoms with E-state index in [4.69, 9.17) is 0 Å². The highest BCUT2D eigenvalue weighted by molar-refractivity contribution is 6.23. The van der Waals surface area contributed by atoms with Crippen LogP contribution in [0.15, 0.2) is 11.1 Å². The molecule has 0 aromatic rings. The Morgan fingerprint density at radius 3 is 1.35 bits per heavy atom. The minimum atomic E-state index is -0.447.